The molecule has 2 amide bonds. The third-order valence-corrected chi connectivity index (χ3v) is 6.64. The third-order valence-electron chi connectivity index (χ3n) is 5.27. The van der Waals surface area contributed by atoms with E-state index in [1.54, 1.807) is 37.3 Å². The minimum absolute atomic E-state index is 0.111. The minimum atomic E-state index is -3.76. The molecule has 0 saturated heterocycles. The predicted octanol–water partition coefficient (Wildman–Crippen LogP) is 3.91. The summed E-state index contributed by atoms with van der Waals surface area (Å²) in [5, 5.41) is 3.36. The molecule has 0 aliphatic carbocycles. The third kappa shape index (κ3) is 8.02. The molecule has 34 heavy (non-hydrogen) atoms. The van der Waals surface area contributed by atoms with Gasteiger partial charge in [0.2, 0.25) is 21.8 Å². The van der Waals surface area contributed by atoms with E-state index in [1.165, 1.54) is 4.90 Å². The second kappa shape index (κ2) is 11.7. The van der Waals surface area contributed by atoms with Gasteiger partial charge in [0.05, 0.1) is 11.9 Å². The van der Waals surface area contributed by atoms with Gasteiger partial charge in [0.1, 0.15) is 12.6 Å². The Morgan fingerprint density at radius 3 is 2.18 bits per heavy atom. The lowest BCUT2D eigenvalue weighted by Gasteiger charge is -2.31. The Hall–Kier alpha value is -2.58. The van der Waals surface area contributed by atoms with Gasteiger partial charge in [-0.15, -0.1) is 0 Å². The summed E-state index contributed by atoms with van der Waals surface area (Å²) in [5.41, 5.74) is 2.91. The van der Waals surface area contributed by atoms with E-state index in [0.717, 1.165) is 27.3 Å². The fourth-order valence-electron chi connectivity index (χ4n) is 3.58. The van der Waals surface area contributed by atoms with Crippen LogP contribution < -0.4 is 9.62 Å². The molecule has 186 valence electrons. The summed E-state index contributed by atoms with van der Waals surface area (Å²) < 4.78 is 26.4. The van der Waals surface area contributed by atoms with Crippen LogP contribution in [-0.2, 0) is 26.2 Å². The van der Waals surface area contributed by atoms with E-state index in [0.29, 0.717) is 17.3 Å². The molecular weight excluding hydrogens is 474 g/mol. The summed E-state index contributed by atoms with van der Waals surface area (Å²) in [7, 11) is -3.76. The van der Waals surface area contributed by atoms with Crippen LogP contribution >= 0.6 is 11.6 Å². The van der Waals surface area contributed by atoms with Gasteiger partial charge in [-0.25, -0.2) is 8.42 Å². The quantitative estimate of drug-likeness (QED) is 0.528. The van der Waals surface area contributed by atoms with E-state index in [1.807, 2.05) is 39.8 Å². The first-order chi connectivity index (χ1) is 15.8. The van der Waals surface area contributed by atoms with Gasteiger partial charge in [-0.3, -0.25) is 13.9 Å². The van der Waals surface area contributed by atoms with Crippen molar-refractivity contribution in [3.63, 3.8) is 0 Å². The van der Waals surface area contributed by atoms with Gasteiger partial charge in [0.15, 0.2) is 0 Å². The van der Waals surface area contributed by atoms with Crippen LogP contribution in [0, 0.1) is 19.8 Å². The van der Waals surface area contributed by atoms with E-state index in [-0.39, 0.29) is 18.4 Å². The molecule has 0 aromatic heterocycles. The molecule has 0 radical (unpaired) electrons. The average molecular weight is 508 g/mol. The zero-order valence-electron chi connectivity index (χ0n) is 20.6. The summed E-state index contributed by atoms with van der Waals surface area (Å²) in [6, 6.07) is 11.6. The van der Waals surface area contributed by atoms with Crippen molar-refractivity contribution in [1.82, 2.24) is 10.2 Å². The lowest BCUT2D eigenvalue weighted by atomic mass is 10.1. The van der Waals surface area contributed by atoms with Crippen LogP contribution in [0.2, 0.25) is 5.02 Å². The Labute approximate surface area is 208 Å². The molecule has 1 atom stereocenters. The lowest BCUT2D eigenvalue weighted by Crippen LogP contribution is -2.51. The molecule has 1 unspecified atom stereocenters. The minimum Gasteiger partial charge on any atom is -0.354 e. The molecule has 1 N–H and O–H groups in total. The number of halogens is 1. The number of carbonyl (C=O) groups is 2. The molecule has 7 nitrogen and oxygen atoms in total. The molecule has 9 heteroatoms. The molecule has 0 heterocycles. The van der Waals surface area contributed by atoms with Gasteiger partial charge in [-0.05, 0) is 67.6 Å². The van der Waals surface area contributed by atoms with Crippen LogP contribution in [0.1, 0.15) is 37.5 Å². The SMILES string of the molecule is Cc1cc(C)cc(N(CC(=O)N(Cc2cccc(Cl)c2)C(C)C(=O)NCC(C)C)S(C)(=O)=O)c1. The molecule has 0 aliphatic rings. The van der Waals surface area contributed by atoms with Crippen LogP contribution in [0.25, 0.3) is 0 Å². The monoisotopic (exact) mass is 507 g/mol. The molecule has 0 fully saturated rings. The summed E-state index contributed by atoms with van der Waals surface area (Å²) in [6.45, 7) is 9.49. The van der Waals surface area contributed by atoms with Crippen molar-refractivity contribution in [2.75, 3.05) is 23.7 Å². The summed E-state index contributed by atoms with van der Waals surface area (Å²) >= 11 is 6.12. The lowest BCUT2D eigenvalue weighted by molar-refractivity contribution is -0.139. The Balaban J connectivity index is 2.40. The van der Waals surface area contributed by atoms with E-state index < -0.39 is 28.5 Å². The van der Waals surface area contributed by atoms with Crippen molar-refractivity contribution in [3.05, 3.63) is 64.2 Å². The Morgan fingerprint density at radius 2 is 1.65 bits per heavy atom. The molecule has 2 aromatic rings. The van der Waals surface area contributed by atoms with Gasteiger partial charge >= 0.3 is 0 Å². The van der Waals surface area contributed by atoms with Crippen molar-refractivity contribution in [3.8, 4) is 0 Å². The van der Waals surface area contributed by atoms with Crippen molar-refractivity contribution in [1.29, 1.82) is 0 Å². The second-order valence-corrected chi connectivity index (χ2v) is 11.4. The molecule has 0 bridgehead atoms. The highest BCUT2D eigenvalue weighted by Gasteiger charge is 2.30. The first-order valence-corrected chi connectivity index (χ1v) is 13.4. The van der Waals surface area contributed by atoms with Gasteiger partial charge in [0, 0.05) is 18.1 Å². The van der Waals surface area contributed by atoms with E-state index >= 15 is 0 Å². The number of aryl methyl sites for hydroxylation is 2. The highest BCUT2D eigenvalue weighted by atomic mass is 35.5. The number of rotatable bonds is 10. The van der Waals surface area contributed by atoms with Crippen molar-refractivity contribution < 1.29 is 18.0 Å². The fourth-order valence-corrected chi connectivity index (χ4v) is 4.62. The van der Waals surface area contributed by atoms with Crippen molar-refractivity contribution in [2.24, 2.45) is 5.92 Å². The van der Waals surface area contributed by atoms with Gasteiger partial charge < -0.3 is 10.2 Å². The molecular formula is C25H34ClN3O4S. The number of nitrogens with one attached hydrogen (secondary N) is 1. The molecule has 0 aliphatic heterocycles. The second-order valence-electron chi connectivity index (χ2n) is 9.08. The predicted molar refractivity (Wildman–Crippen MR) is 137 cm³/mol. The van der Waals surface area contributed by atoms with E-state index in [4.69, 9.17) is 11.6 Å². The molecule has 0 spiro atoms. The molecule has 2 rings (SSSR count). The van der Waals surface area contributed by atoms with E-state index in [2.05, 4.69) is 5.32 Å². The fraction of sp³-hybridized carbons (Fsp3) is 0.440. The summed E-state index contributed by atoms with van der Waals surface area (Å²) in [6.07, 6.45) is 1.07. The number of anilines is 1. The maximum absolute atomic E-state index is 13.5. The normalized spacial score (nSPS) is 12.4. The molecule has 0 saturated carbocycles. The van der Waals surface area contributed by atoms with Gasteiger partial charge in [-0.2, -0.15) is 0 Å². The number of carbonyl (C=O) groups excluding carboxylic acids is 2. The first-order valence-electron chi connectivity index (χ1n) is 11.2. The smallest absolute Gasteiger partial charge is 0.244 e. The largest absolute Gasteiger partial charge is 0.354 e. The maximum Gasteiger partial charge on any atom is 0.244 e. The number of nitrogens with zero attached hydrogens (tertiary/aromatic N) is 2. The first kappa shape index (κ1) is 27.7. The van der Waals surface area contributed by atoms with Crippen molar-refractivity contribution >= 4 is 39.1 Å². The summed E-state index contributed by atoms with van der Waals surface area (Å²) in [4.78, 5) is 27.7. The zero-order valence-corrected chi connectivity index (χ0v) is 22.2. The highest BCUT2D eigenvalue weighted by Crippen LogP contribution is 2.22. The average Bonchev–Trinajstić information content (AvgIpc) is 2.71. The van der Waals surface area contributed by atoms with Gasteiger partial charge in [0.25, 0.3) is 0 Å². The van der Waals surface area contributed by atoms with Crippen LogP contribution in [0.4, 0.5) is 5.69 Å². The Kier molecular flexibility index (Phi) is 9.53. The number of benzene rings is 2. The summed E-state index contributed by atoms with van der Waals surface area (Å²) in [5.74, 6) is -0.545. The standard InChI is InChI=1S/C25H34ClN3O4S/c1-17(2)14-27-25(31)20(5)28(15-21-8-7-9-22(26)13-21)24(30)16-29(34(6,32)33)23-11-18(3)10-19(4)12-23/h7-13,17,20H,14-16H2,1-6H3,(H,27,31). The van der Waals surface area contributed by atoms with E-state index in [9.17, 15) is 18.0 Å². The highest BCUT2D eigenvalue weighted by molar-refractivity contribution is 7.92. The topological polar surface area (TPSA) is 86.8 Å². The number of hydrogen-bond donors (Lipinski definition) is 1. The van der Waals surface area contributed by atoms with Crippen molar-refractivity contribution in [2.45, 2.75) is 47.2 Å². The Bertz CT molecular complexity index is 1110. The number of hydrogen-bond acceptors (Lipinski definition) is 4. The van der Waals surface area contributed by atoms with Crippen LogP contribution in [0.5, 0.6) is 0 Å². The Morgan fingerprint density at radius 1 is 1.03 bits per heavy atom. The van der Waals surface area contributed by atoms with Crippen LogP contribution in [0.15, 0.2) is 42.5 Å². The van der Waals surface area contributed by atoms with Crippen LogP contribution in [-0.4, -0.2) is 50.5 Å². The molecule has 2 aromatic carbocycles. The van der Waals surface area contributed by atoms with Crippen LogP contribution in [0.3, 0.4) is 0 Å². The maximum atomic E-state index is 13.5. The zero-order chi connectivity index (χ0) is 25.6. The number of amides is 2. The van der Waals surface area contributed by atoms with Gasteiger partial charge in [-0.1, -0.05) is 43.6 Å². The number of sulfonamides is 1.